The first-order valence-electron chi connectivity index (χ1n) is 7.87. The Morgan fingerprint density at radius 3 is 2.77 bits per heavy atom. The zero-order valence-electron chi connectivity index (χ0n) is 13.5. The van der Waals surface area contributed by atoms with Gasteiger partial charge in [0.05, 0.1) is 13.1 Å². The fourth-order valence-corrected chi connectivity index (χ4v) is 2.65. The van der Waals surface area contributed by atoms with Crippen LogP contribution in [0.4, 0.5) is 10.5 Å². The van der Waals surface area contributed by atoms with Gasteiger partial charge in [0.15, 0.2) is 0 Å². The standard InChI is InChI=1S/C17H24N2O3/c1-4-13(5-2)16(20)18-10-15-11-19(17(21)22-15)14-8-6-7-12(3)9-14/h6-9,13,15H,4-5,10-11H2,1-3H3,(H,18,20). The molecule has 1 unspecified atom stereocenters. The second-order valence-electron chi connectivity index (χ2n) is 5.71. The van der Waals surface area contributed by atoms with Crippen LogP contribution in [0.1, 0.15) is 32.3 Å². The van der Waals surface area contributed by atoms with Crippen LogP contribution in [0.15, 0.2) is 24.3 Å². The summed E-state index contributed by atoms with van der Waals surface area (Å²) in [6.45, 7) is 6.82. The van der Waals surface area contributed by atoms with Crippen LogP contribution in [0, 0.1) is 12.8 Å². The third-order valence-electron chi connectivity index (χ3n) is 4.05. The quantitative estimate of drug-likeness (QED) is 0.879. The predicted molar refractivity (Wildman–Crippen MR) is 85.9 cm³/mol. The Morgan fingerprint density at radius 2 is 2.14 bits per heavy atom. The fourth-order valence-electron chi connectivity index (χ4n) is 2.65. The molecule has 22 heavy (non-hydrogen) atoms. The molecule has 0 spiro atoms. The van der Waals surface area contributed by atoms with E-state index in [0.29, 0.717) is 13.1 Å². The smallest absolute Gasteiger partial charge is 0.414 e. The minimum Gasteiger partial charge on any atom is -0.442 e. The minimum atomic E-state index is -0.354. The average molecular weight is 304 g/mol. The number of benzene rings is 1. The molecule has 1 saturated heterocycles. The highest BCUT2D eigenvalue weighted by atomic mass is 16.6. The van der Waals surface area contributed by atoms with Crippen molar-refractivity contribution in [3.63, 3.8) is 0 Å². The molecule has 0 radical (unpaired) electrons. The number of hydrogen-bond acceptors (Lipinski definition) is 3. The maximum atomic E-state index is 12.0. The summed E-state index contributed by atoms with van der Waals surface area (Å²) in [5, 5.41) is 2.89. The van der Waals surface area contributed by atoms with Crippen LogP contribution in [0.5, 0.6) is 0 Å². The van der Waals surface area contributed by atoms with Gasteiger partial charge in [0.1, 0.15) is 6.10 Å². The van der Waals surface area contributed by atoms with Crippen LogP contribution >= 0.6 is 0 Å². The molecule has 0 aliphatic carbocycles. The lowest BCUT2D eigenvalue weighted by atomic mass is 10.0. The normalized spacial score (nSPS) is 17.7. The van der Waals surface area contributed by atoms with E-state index in [0.717, 1.165) is 24.1 Å². The molecule has 2 rings (SSSR count). The van der Waals surface area contributed by atoms with E-state index in [2.05, 4.69) is 5.32 Å². The highest BCUT2D eigenvalue weighted by Crippen LogP contribution is 2.22. The van der Waals surface area contributed by atoms with Crippen LogP contribution in [-0.2, 0) is 9.53 Å². The summed E-state index contributed by atoms with van der Waals surface area (Å²) < 4.78 is 5.34. The molecular formula is C17H24N2O3. The number of aryl methyl sites for hydroxylation is 1. The van der Waals surface area contributed by atoms with Gasteiger partial charge in [-0.3, -0.25) is 9.69 Å². The average Bonchev–Trinajstić information content (AvgIpc) is 2.87. The van der Waals surface area contributed by atoms with Gasteiger partial charge in [-0.15, -0.1) is 0 Å². The monoisotopic (exact) mass is 304 g/mol. The van der Waals surface area contributed by atoms with Crippen molar-refractivity contribution in [2.75, 3.05) is 18.0 Å². The zero-order chi connectivity index (χ0) is 16.1. The number of hydrogen-bond donors (Lipinski definition) is 1. The van der Waals surface area contributed by atoms with Crippen LogP contribution in [-0.4, -0.2) is 31.2 Å². The van der Waals surface area contributed by atoms with Gasteiger partial charge in [-0.25, -0.2) is 4.79 Å². The lowest BCUT2D eigenvalue weighted by Crippen LogP contribution is -2.37. The summed E-state index contributed by atoms with van der Waals surface area (Å²) >= 11 is 0. The molecule has 1 aliphatic heterocycles. The molecule has 0 bridgehead atoms. The van der Waals surface area contributed by atoms with Gasteiger partial charge in [-0.05, 0) is 37.5 Å². The van der Waals surface area contributed by atoms with Gasteiger partial charge >= 0.3 is 6.09 Å². The Labute approximate surface area is 131 Å². The molecule has 5 nitrogen and oxygen atoms in total. The number of nitrogens with zero attached hydrogens (tertiary/aromatic N) is 1. The maximum Gasteiger partial charge on any atom is 0.414 e. The van der Waals surface area contributed by atoms with E-state index in [1.54, 1.807) is 4.90 Å². The molecule has 1 aromatic carbocycles. The minimum absolute atomic E-state index is 0.0324. The van der Waals surface area contributed by atoms with Gasteiger partial charge in [-0.1, -0.05) is 26.0 Å². The van der Waals surface area contributed by atoms with Gasteiger partial charge in [0.25, 0.3) is 0 Å². The molecule has 1 N–H and O–H groups in total. The van der Waals surface area contributed by atoms with Crippen LogP contribution in [0.3, 0.4) is 0 Å². The topological polar surface area (TPSA) is 58.6 Å². The van der Waals surface area contributed by atoms with Crippen LogP contribution in [0.2, 0.25) is 0 Å². The molecule has 1 aromatic rings. The van der Waals surface area contributed by atoms with E-state index in [-0.39, 0.29) is 24.0 Å². The second kappa shape index (κ2) is 7.29. The highest BCUT2D eigenvalue weighted by molar-refractivity contribution is 5.90. The molecule has 2 amide bonds. The molecule has 1 heterocycles. The Hall–Kier alpha value is -2.04. The van der Waals surface area contributed by atoms with Crippen LogP contribution in [0.25, 0.3) is 0 Å². The first-order valence-corrected chi connectivity index (χ1v) is 7.87. The summed E-state index contributed by atoms with van der Waals surface area (Å²) in [4.78, 5) is 25.6. The van der Waals surface area contributed by atoms with Crippen molar-refractivity contribution in [1.29, 1.82) is 0 Å². The van der Waals surface area contributed by atoms with E-state index in [4.69, 9.17) is 4.74 Å². The lowest BCUT2D eigenvalue weighted by Gasteiger charge is -2.15. The third-order valence-corrected chi connectivity index (χ3v) is 4.05. The van der Waals surface area contributed by atoms with Gasteiger partial charge in [0, 0.05) is 11.6 Å². The number of cyclic esters (lactones) is 1. The lowest BCUT2D eigenvalue weighted by molar-refractivity contribution is -0.125. The molecule has 0 saturated carbocycles. The van der Waals surface area contributed by atoms with E-state index >= 15 is 0 Å². The predicted octanol–water partition coefficient (Wildman–Crippen LogP) is 2.87. The Morgan fingerprint density at radius 1 is 1.41 bits per heavy atom. The Bertz CT molecular complexity index is 540. The van der Waals surface area contributed by atoms with Crippen molar-refractivity contribution in [2.24, 2.45) is 5.92 Å². The summed E-state index contributed by atoms with van der Waals surface area (Å²) in [5.74, 6) is 0.0695. The van der Waals surface area contributed by atoms with Crippen LogP contribution < -0.4 is 10.2 Å². The first-order chi connectivity index (χ1) is 10.5. The summed E-state index contributed by atoms with van der Waals surface area (Å²) in [6, 6.07) is 7.74. The SMILES string of the molecule is CCC(CC)C(=O)NCC1CN(c2cccc(C)c2)C(=O)O1. The number of rotatable bonds is 6. The Kier molecular flexibility index (Phi) is 5.41. The largest absolute Gasteiger partial charge is 0.442 e. The number of nitrogens with one attached hydrogen (secondary N) is 1. The van der Waals surface area contributed by atoms with Crippen molar-refractivity contribution in [3.05, 3.63) is 29.8 Å². The zero-order valence-corrected chi connectivity index (χ0v) is 13.5. The van der Waals surface area contributed by atoms with Crippen molar-refractivity contribution >= 4 is 17.7 Å². The highest BCUT2D eigenvalue weighted by Gasteiger charge is 2.32. The molecular weight excluding hydrogens is 280 g/mol. The first kappa shape index (κ1) is 16.3. The second-order valence-corrected chi connectivity index (χ2v) is 5.71. The molecule has 1 atom stereocenters. The van der Waals surface area contributed by atoms with E-state index in [1.165, 1.54) is 0 Å². The van der Waals surface area contributed by atoms with Crippen molar-refractivity contribution in [2.45, 2.75) is 39.7 Å². The van der Waals surface area contributed by atoms with Crippen molar-refractivity contribution < 1.29 is 14.3 Å². The van der Waals surface area contributed by atoms with Gasteiger partial charge < -0.3 is 10.1 Å². The van der Waals surface area contributed by atoms with E-state index in [1.807, 2.05) is 45.0 Å². The van der Waals surface area contributed by atoms with Crippen molar-refractivity contribution in [3.8, 4) is 0 Å². The van der Waals surface area contributed by atoms with E-state index in [9.17, 15) is 9.59 Å². The summed E-state index contributed by atoms with van der Waals surface area (Å²) in [7, 11) is 0. The number of carbonyl (C=O) groups excluding carboxylic acids is 2. The molecule has 120 valence electrons. The molecule has 1 fully saturated rings. The number of amides is 2. The third kappa shape index (κ3) is 3.78. The van der Waals surface area contributed by atoms with Crippen molar-refractivity contribution in [1.82, 2.24) is 5.32 Å². The van der Waals surface area contributed by atoms with E-state index < -0.39 is 0 Å². The maximum absolute atomic E-state index is 12.0. The summed E-state index contributed by atoms with van der Waals surface area (Å²) in [6.07, 6.45) is 0.989. The Balaban J connectivity index is 1.91. The fraction of sp³-hybridized carbons (Fsp3) is 0.529. The molecule has 5 heteroatoms. The summed E-state index contributed by atoms with van der Waals surface area (Å²) in [5.41, 5.74) is 1.93. The number of anilines is 1. The number of ether oxygens (including phenoxy) is 1. The van der Waals surface area contributed by atoms with Gasteiger partial charge in [-0.2, -0.15) is 0 Å². The molecule has 1 aliphatic rings. The number of carbonyl (C=O) groups is 2. The molecule has 0 aromatic heterocycles. The van der Waals surface area contributed by atoms with Gasteiger partial charge in [0.2, 0.25) is 5.91 Å².